The van der Waals surface area contributed by atoms with Crippen molar-refractivity contribution in [2.45, 2.75) is 18.9 Å². The fraction of sp³-hybridized carbons (Fsp3) is 0.167. The summed E-state index contributed by atoms with van der Waals surface area (Å²) in [5, 5.41) is 32.7. The van der Waals surface area contributed by atoms with E-state index >= 15 is 0 Å². The molecule has 1 aromatic carbocycles. The average molecular weight is 351 g/mol. The van der Waals surface area contributed by atoms with Crippen LogP contribution in [0.1, 0.15) is 23.1 Å². The Morgan fingerprint density at radius 1 is 1.31 bits per heavy atom. The Bertz CT molecular complexity index is 960. The molecule has 8 heteroatoms. The summed E-state index contributed by atoms with van der Waals surface area (Å²) in [5.41, 5.74) is 1.34. The number of non-ortho nitro benzene ring substituents is 1. The molecule has 3 rings (SSSR count). The van der Waals surface area contributed by atoms with E-state index in [1.807, 2.05) is 19.1 Å². The van der Waals surface area contributed by atoms with Crippen LogP contribution in [0.3, 0.4) is 0 Å². The fourth-order valence-corrected chi connectivity index (χ4v) is 3.09. The third-order valence-corrected chi connectivity index (χ3v) is 4.27. The predicted octanol–water partition coefficient (Wildman–Crippen LogP) is 1.94. The summed E-state index contributed by atoms with van der Waals surface area (Å²) in [6.07, 6.45) is 3.47. The average Bonchev–Trinajstić information content (AvgIpc) is 2.61. The Labute approximate surface area is 148 Å². The number of pyridine rings is 1. The standard InChI is InChI=1S/C18H14N4O4/c1-11-3-2-8-21(10-11)16-15(14(9-19)17(23)20-18(16)24)12-4-6-13(7-5-12)22(25)26/h2-8,10,15-16H,1H3,(H-,20,23,24)/p+1. The van der Waals surface area contributed by atoms with Crippen molar-refractivity contribution in [2.75, 3.05) is 0 Å². The van der Waals surface area contributed by atoms with Crippen LogP contribution in [0.5, 0.6) is 0 Å². The molecule has 2 unspecified atom stereocenters. The molecule has 1 aromatic heterocycles. The maximum Gasteiger partial charge on any atom is 0.296 e. The van der Waals surface area contributed by atoms with Gasteiger partial charge in [-0.05, 0) is 18.6 Å². The number of nitro benzene ring substituents is 1. The topological polar surface area (TPSA) is 120 Å². The highest BCUT2D eigenvalue weighted by Gasteiger charge is 2.45. The number of aliphatic hydroxyl groups excluding tert-OH is 1. The van der Waals surface area contributed by atoms with Crippen molar-refractivity contribution >= 4 is 11.6 Å². The quantitative estimate of drug-likeness (QED) is 0.497. The lowest BCUT2D eigenvalue weighted by Gasteiger charge is -2.27. The van der Waals surface area contributed by atoms with E-state index in [4.69, 9.17) is 0 Å². The van der Waals surface area contributed by atoms with E-state index in [0.29, 0.717) is 5.56 Å². The van der Waals surface area contributed by atoms with Gasteiger partial charge in [-0.3, -0.25) is 20.2 Å². The van der Waals surface area contributed by atoms with Crippen LogP contribution < -0.4 is 9.88 Å². The van der Waals surface area contributed by atoms with Crippen LogP contribution in [-0.2, 0) is 4.79 Å². The third kappa shape index (κ3) is 2.98. The maximum atomic E-state index is 12.6. The van der Waals surface area contributed by atoms with Gasteiger partial charge in [0, 0.05) is 23.8 Å². The summed E-state index contributed by atoms with van der Waals surface area (Å²) in [7, 11) is 0. The van der Waals surface area contributed by atoms with Crippen LogP contribution in [-0.4, -0.2) is 15.9 Å². The second-order valence-corrected chi connectivity index (χ2v) is 5.96. The number of nitriles is 1. The number of rotatable bonds is 3. The van der Waals surface area contributed by atoms with Crippen LogP contribution in [0.25, 0.3) is 0 Å². The molecule has 1 amide bonds. The molecule has 130 valence electrons. The van der Waals surface area contributed by atoms with Gasteiger partial charge in [-0.15, -0.1) is 0 Å². The Morgan fingerprint density at radius 2 is 2.00 bits per heavy atom. The zero-order valence-corrected chi connectivity index (χ0v) is 13.8. The van der Waals surface area contributed by atoms with Crippen molar-refractivity contribution < 1.29 is 19.4 Å². The van der Waals surface area contributed by atoms with E-state index in [1.165, 1.54) is 24.3 Å². The minimum absolute atomic E-state index is 0.00235. The van der Waals surface area contributed by atoms with Crippen molar-refractivity contribution in [3.8, 4) is 6.07 Å². The number of nitro groups is 1. The number of nitrogens with zero attached hydrogens (tertiary/aromatic N) is 3. The van der Waals surface area contributed by atoms with Gasteiger partial charge in [0.15, 0.2) is 12.4 Å². The number of aliphatic hydroxyl groups is 1. The van der Waals surface area contributed by atoms with Gasteiger partial charge in [0.1, 0.15) is 11.6 Å². The first kappa shape index (κ1) is 17.1. The molecule has 0 saturated carbocycles. The normalized spacial score (nSPS) is 19.6. The number of carbonyl (C=O) groups excluding carboxylic acids is 1. The third-order valence-electron chi connectivity index (χ3n) is 4.27. The van der Waals surface area contributed by atoms with Crippen LogP contribution in [0, 0.1) is 28.4 Å². The summed E-state index contributed by atoms with van der Waals surface area (Å²) in [6, 6.07) is 10.4. The molecule has 0 aliphatic carbocycles. The minimum Gasteiger partial charge on any atom is -0.494 e. The smallest absolute Gasteiger partial charge is 0.296 e. The zero-order chi connectivity index (χ0) is 18.8. The summed E-state index contributed by atoms with van der Waals surface area (Å²) in [5.74, 6) is -1.74. The molecular formula is C18H15N4O4+. The van der Waals surface area contributed by atoms with Crippen LogP contribution >= 0.6 is 0 Å². The van der Waals surface area contributed by atoms with Crippen LogP contribution in [0.2, 0.25) is 0 Å². The zero-order valence-electron chi connectivity index (χ0n) is 13.8. The molecule has 0 fully saturated rings. The lowest BCUT2D eigenvalue weighted by Crippen LogP contribution is -2.53. The molecule has 0 bridgehead atoms. The van der Waals surface area contributed by atoms with Crippen LogP contribution in [0.4, 0.5) is 5.69 Å². The van der Waals surface area contributed by atoms with Crippen molar-refractivity contribution in [3.05, 3.63) is 81.5 Å². The van der Waals surface area contributed by atoms with Gasteiger partial charge < -0.3 is 5.11 Å². The summed E-state index contributed by atoms with van der Waals surface area (Å²) < 4.78 is 1.67. The van der Waals surface area contributed by atoms with Gasteiger partial charge in [0.25, 0.3) is 11.6 Å². The number of aromatic nitrogens is 1. The highest BCUT2D eigenvalue weighted by molar-refractivity contribution is 5.84. The molecular weight excluding hydrogens is 336 g/mol. The number of allylic oxidation sites excluding steroid dienone is 1. The van der Waals surface area contributed by atoms with Crippen molar-refractivity contribution in [1.29, 1.82) is 5.26 Å². The van der Waals surface area contributed by atoms with Gasteiger partial charge in [-0.1, -0.05) is 12.1 Å². The minimum atomic E-state index is -0.818. The number of amides is 1. The highest BCUT2D eigenvalue weighted by Crippen LogP contribution is 2.37. The Morgan fingerprint density at radius 3 is 2.58 bits per heavy atom. The Kier molecular flexibility index (Phi) is 4.37. The number of benzene rings is 1. The molecule has 0 spiro atoms. The lowest BCUT2D eigenvalue weighted by molar-refractivity contribution is -0.712. The second-order valence-electron chi connectivity index (χ2n) is 5.96. The van der Waals surface area contributed by atoms with Gasteiger partial charge >= 0.3 is 0 Å². The van der Waals surface area contributed by atoms with Gasteiger partial charge in [-0.2, -0.15) is 9.83 Å². The summed E-state index contributed by atoms with van der Waals surface area (Å²) >= 11 is 0. The number of nitrogens with one attached hydrogen (secondary N) is 1. The molecule has 1 aliphatic heterocycles. The van der Waals surface area contributed by atoms with E-state index in [2.05, 4.69) is 5.32 Å². The maximum absolute atomic E-state index is 12.6. The molecule has 0 saturated heterocycles. The number of aryl methyl sites for hydroxylation is 1. The number of hydrogen-bond donors (Lipinski definition) is 2. The first-order valence-corrected chi connectivity index (χ1v) is 7.78. The fourth-order valence-electron chi connectivity index (χ4n) is 3.09. The number of hydrogen-bond acceptors (Lipinski definition) is 5. The molecule has 2 heterocycles. The largest absolute Gasteiger partial charge is 0.494 e. The van der Waals surface area contributed by atoms with Gasteiger partial charge in [0.05, 0.1) is 10.8 Å². The second kappa shape index (κ2) is 6.64. The molecule has 2 aromatic rings. The summed E-state index contributed by atoms with van der Waals surface area (Å²) in [4.78, 5) is 22.9. The SMILES string of the molecule is Cc1ccc[n+](C2C(=O)NC(O)=C(C#N)C2c2ccc([N+](=O)[O-])cc2)c1. The summed E-state index contributed by atoms with van der Waals surface area (Å²) in [6.45, 7) is 1.87. The molecule has 2 N–H and O–H groups in total. The van der Waals surface area contributed by atoms with Crippen LogP contribution in [0.15, 0.2) is 60.2 Å². The van der Waals surface area contributed by atoms with Crippen molar-refractivity contribution in [1.82, 2.24) is 5.32 Å². The van der Waals surface area contributed by atoms with E-state index in [-0.39, 0.29) is 11.3 Å². The monoisotopic (exact) mass is 351 g/mol. The lowest BCUT2D eigenvalue weighted by atomic mass is 9.82. The van der Waals surface area contributed by atoms with E-state index in [9.17, 15) is 25.3 Å². The number of carbonyl (C=O) groups is 1. The molecule has 26 heavy (non-hydrogen) atoms. The first-order valence-electron chi connectivity index (χ1n) is 7.78. The molecule has 8 nitrogen and oxygen atoms in total. The van der Waals surface area contributed by atoms with E-state index in [0.717, 1.165) is 5.56 Å². The predicted molar refractivity (Wildman–Crippen MR) is 89.7 cm³/mol. The molecule has 1 aliphatic rings. The Hall–Kier alpha value is -3.73. The van der Waals surface area contributed by atoms with Gasteiger partial charge in [-0.25, -0.2) is 0 Å². The van der Waals surface area contributed by atoms with Gasteiger partial charge in [0.2, 0.25) is 11.9 Å². The molecule has 2 atom stereocenters. The first-order chi connectivity index (χ1) is 12.4. The van der Waals surface area contributed by atoms with Crippen molar-refractivity contribution in [3.63, 3.8) is 0 Å². The van der Waals surface area contributed by atoms with Crippen molar-refractivity contribution in [2.24, 2.45) is 0 Å². The molecule has 0 radical (unpaired) electrons. The van der Waals surface area contributed by atoms with E-state index in [1.54, 1.807) is 23.0 Å². The Balaban J connectivity index is 2.16. The van der Waals surface area contributed by atoms with E-state index < -0.39 is 28.7 Å². The highest BCUT2D eigenvalue weighted by atomic mass is 16.6.